The lowest BCUT2D eigenvalue weighted by molar-refractivity contribution is -0.138. The first-order valence-electron chi connectivity index (χ1n) is 9.69. The summed E-state index contributed by atoms with van der Waals surface area (Å²) in [6.45, 7) is 0.968. The van der Waals surface area contributed by atoms with E-state index in [9.17, 15) is 35.2 Å². The van der Waals surface area contributed by atoms with Gasteiger partial charge in [0.25, 0.3) is 15.9 Å². The van der Waals surface area contributed by atoms with Crippen LogP contribution in [0.3, 0.4) is 0 Å². The summed E-state index contributed by atoms with van der Waals surface area (Å²) in [6.07, 6.45) is -4.65. The van der Waals surface area contributed by atoms with Gasteiger partial charge in [0.2, 0.25) is 5.92 Å². The molecule has 1 fully saturated rings. The Labute approximate surface area is 186 Å². The second-order valence-corrected chi connectivity index (χ2v) is 9.08. The molecule has 3 N–H and O–H groups in total. The highest BCUT2D eigenvalue weighted by molar-refractivity contribution is 7.89. The van der Waals surface area contributed by atoms with E-state index in [1.807, 2.05) is 0 Å². The van der Waals surface area contributed by atoms with Crippen molar-refractivity contribution in [3.05, 3.63) is 41.2 Å². The molecule has 180 valence electrons. The maximum Gasteiger partial charge on any atom is 0.418 e. The van der Waals surface area contributed by atoms with Gasteiger partial charge >= 0.3 is 6.18 Å². The van der Waals surface area contributed by atoms with E-state index in [1.165, 1.54) is 11.0 Å². The number of nitrogens with two attached hydrogens (primary N) is 1. The van der Waals surface area contributed by atoms with Gasteiger partial charge in [-0.2, -0.15) is 13.2 Å². The summed E-state index contributed by atoms with van der Waals surface area (Å²) in [5, 5.41) is 6.74. The summed E-state index contributed by atoms with van der Waals surface area (Å²) in [7, 11) is -4.20. The van der Waals surface area contributed by atoms with Gasteiger partial charge in [0.1, 0.15) is 5.82 Å². The number of carbonyl (C=O) groups excluding carboxylic acids is 1. The number of alkyl halides is 5. The third-order valence-electron chi connectivity index (χ3n) is 5.04. The van der Waals surface area contributed by atoms with Crippen LogP contribution in [-0.4, -0.2) is 43.3 Å². The second kappa shape index (κ2) is 8.82. The van der Waals surface area contributed by atoms with Gasteiger partial charge in [0, 0.05) is 43.9 Å². The fourth-order valence-corrected chi connectivity index (χ4v) is 3.90. The zero-order valence-electron chi connectivity index (χ0n) is 17.3. The Morgan fingerprint density at radius 2 is 1.91 bits per heavy atom. The second-order valence-electron chi connectivity index (χ2n) is 7.57. The number of aromatic nitrogens is 2. The van der Waals surface area contributed by atoms with Gasteiger partial charge in [-0.25, -0.2) is 32.3 Å². The van der Waals surface area contributed by atoms with E-state index in [1.54, 1.807) is 0 Å². The predicted molar refractivity (Wildman–Crippen MR) is 109 cm³/mol. The molecular weight excluding hydrogens is 473 g/mol. The first-order chi connectivity index (χ1) is 15.2. The number of rotatable bonds is 4. The van der Waals surface area contributed by atoms with Crippen LogP contribution in [0.5, 0.6) is 0 Å². The van der Waals surface area contributed by atoms with E-state index in [2.05, 4.69) is 15.3 Å². The molecule has 3 rings (SSSR count). The van der Waals surface area contributed by atoms with Crippen molar-refractivity contribution < 1.29 is 35.2 Å². The number of amides is 1. The maximum atomic E-state index is 13.8. The molecule has 0 spiro atoms. The van der Waals surface area contributed by atoms with E-state index in [-0.39, 0.29) is 31.0 Å². The smallest absolute Gasteiger partial charge is 0.356 e. The number of pyridine rings is 2. The maximum absolute atomic E-state index is 13.8. The fraction of sp³-hybridized carbons (Fsp3) is 0.421. The van der Waals surface area contributed by atoms with Crippen molar-refractivity contribution >= 4 is 27.4 Å². The van der Waals surface area contributed by atoms with Gasteiger partial charge < -0.3 is 10.2 Å². The lowest BCUT2D eigenvalue weighted by Crippen LogP contribution is -2.30. The zero-order valence-corrected chi connectivity index (χ0v) is 18.1. The number of hydrogen-bond donors (Lipinski definition) is 2. The number of nitrogens with one attached hydrogen (secondary N) is 1. The normalized spacial score (nSPS) is 16.9. The molecule has 0 unspecified atom stereocenters. The molecule has 3 heterocycles. The van der Waals surface area contributed by atoms with Crippen LogP contribution in [0.25, 0.3) is 0 Å². The Morgan fingerprint density at radius 3 is 2.55 bits per heavy atom. The standard InChI is InChI=1S/C19H20F5N5O3S/c1-11-14(19(22,23)24)10-13(16(27-11)29-7-2-4-18(20,21)5-8-29)17(30)28-12-3-6-26-15(9-12)33(25,31)32/h3,6,9-10H,2,4-5,7-8H2,1H3,(H2,25,31,32)(H,26,28,30). The molecule has 2 aromatic rings. The number of anilines is 2. The van der Waals surface area contributed by atoms with Crippen LogP contribution in [-0.2, 0) is 16.2 Å². The lowest BCUT2D eigenvalue weighted by Gasteiger charge is -2.25. The molecule has 1 amide bonds. The van der Waals surface area contributed by atoms with Crippen molar-refractivity contribution in [2.45, 2.75) is 43.3 Å². The summed E-state index contributed by atoms with van der Waals surface area (Å²) >= 11 is 0. The molecule has 33 heavy (non-hydrogen) atoms. The predicted octanol–water partition coefficient (Wildman–Crippen LogP) is 3.33. The molecule has 1 aliphatic rings. The van der Waals surface area contributed by atoms with Crippen molar-refractivity contribution in [2.75, 3.05) is 23.3 Å². The average Bonchev–Trinajstić information content (AvgIpc) is 2.86. The summed E-state index contributed by atoms with van der Waals surface area (Å²) < 4.78 is 91.0. The third-order valence-corrected chi connectivity index (χ3v) is 5.85. The first kappa shape index (κ1) is 24.8. The Hall–Kier alpha value is -2.87. The quantitative estimate of drug-likeness (QED) is 0.631. The molecule has 14 heteroatoms. The molecule has 1 saturated heterocycles. The molecular formula is C19H20F5N5O3S. The third kappa shape index (κ3) is 5.93. The first-order valence-corrected chi connectivity index (χ1v) is 11.2. The largest absolute Gasteiger partial charge is 0.418 e. The molecule has 0 aliphatic carbocycles. The minimum absolute atomic E-state index is 0.0535. The molecule has 1 aliphatic heterocycles. The number of nitrogens with zero attached hydrogens (tertiary/aromatic N) is 3. The van der Waals surface area contributed by atoms with E-state index in [0.717, 1.165) is 19.2 Å². The highest BCUT2D eigenvalue weighted by atomic mass is 32.2. The van der Waals surface area contributed by atoms with E-state index in [4.69, 9.17) is 5.14 Å². The van der Waals surface area contributed by atoms with Gasteiger partial charge in [0.05, 0.1) is 16.8 Å². The number of sulfonamides is 1. The van der Waals surface area contributed by atoms with Crippen LogP contribution in [0.15, 0.2) is 29.4 Å². The monoisotopic (exact) mass is 493 g/mol. The highest BCUT2D eigenvalue weighted by Crippen LogP contribution is 2.36. The summed E-state index contributed by atoms with van der Waals surface area (Å²) in [5.74, 6) is -4.14. The summed E-state index contributed by atoms with van der Waals surface area (Å²) in [4.78, 5) is 21.8. The minimum atomic E-state index is -4.81. The van der Waals surface area contributed by atoms with Gasteiger partial charge in [0.15, 0.2) is 5.03 Å². The number of hydrogen-bond acceptors (Lipinski definition) is 6. The molecule has 0 bridgehead atoms. The Morgan fingerprint density at radius 1 is 1.21 bits per heavy atom. The number of primary sulfonamides is 1. The Balaban J connectivity index is 2.04. The van der Waals surface area contributed by atoms with Crippen molar-refractivity contribution in [1.29, 1.82) is 0 Å². The van der Waals surface area contributed by atoms with Gasteiger partial charge in [-0.3, -0.25) is 4.79 Å². The topological polar surface area (TPSA) is 118 Å². The SMILES string of the molecule is Cc1nc(N2CCCC(F)(F)CC2)c(C(=O)Nc2ccnc(S(N)(=O)=O)c2)cc1C(F)(F)F. The highest BCUT2D eigenvalue weighted by Gasteiger charge is 2.37. The minimum Gasteiger partial charge on any atom is -0.356 e. The van der Waals surface area contributed by atoms with Crippen LogP contribution in [0.1, 0.15) is 40.9 Å². The van der Waals surface area contributed by atoms with E-state index >= 15 is 0 Å². The molecule has 2 aromatic heterocycles. The van der Waals surface area contributed by atoms with Crippen LogP contribution in [0.2, 0.25) is 0 Å². The molecule has 0 saturated carbocycles. The van der Waals surface area contributed by atoms with Crippen molar-refractivity contribution in [2.24, 2.45) is 5.14 Å². The van der Waals surface area contributed by atoms with Crippen molar-refractivity contribution in [3.8, 4) is 0 Å². The number of halogens is 5. The van der Waals surface area contributed by atoms with Gasteiger partial charge in [-0.1, -0.05) is 0 Å². The molecule has 0 radical (unpaired) electrons. The van der Waals surface area contributed by atoms with Crippen LogP contribution in [0.4, 0.5) is 33.5 Å². The Bertz CT molecular complexity index is 1170. The van der Waals surface area contributed by atoms with E-state index < -0.39 is 62.7 Å². The molecule has 0 atom stereocenters. The van der Waals surface area contributed by atoms with Crippen molar-refractivity contribution in [1.82, 2.24) is 9.97 Å². The van der Waals surface area contributed by atoms with Gasteiger partial charge in [-0.15, -0.1) is 0 Å². The van der Waals surface area contributed by atoms with Gasteiger partial charge in [-0.05, 0) is 25.5 Å². The summed E-state index contributed by atoms with van der Waals surface area (Å²) in [6, 6.07) is 2.76. The van der Waals surface area contributed by atoms with Crippen LogP contribution in [0, 0.1) is 6.92 Å². The zero-order chi connectivity index (χ0) is 24.6. The molecule has 8 nitrogen and oxygen atoms in total. The lowest BCUT2D eigenvalue weighted by atomic mass is 10.1. The van der Waals surface area contributed by atoms with Crippen molar-refractivity contribution in [3.63, 3.8) is 0 Å². The Kier molecular flexibility index (Phi) is 6.62. The average molecular weight is 493 g/mol. The number of carbonyl (C=O) groups is 1. The fourth-order valence-electron chi connectivity index (χ4n) is 3.40. The summed E-state index contributed by atoms with van der Waals surface area (Å²) in [5.41, 5.74) is -2.16. The van der Waals surface area contributed by atoms with E-state index in [0.29, 0.717) is 6.07 Å². The van der Waals surface area contributed by atoms with Crippen LogP contribution < -0.4 is 15.4 Å². The number of aryl methyl sites for hydroxylation is 1. The van der Waals surface area contributed by atoms with Crippen LogP contribution >= 0.6 is 0 Å². The molecule has 0 aromatic carbocycles.